The molecule has 78 valence electrons. The molecule has 15 heavy (non-hydrogen) atoms. The molecule has 0 atom stereocenters. The van der Waals surface area contributed by atoms with Crippen LogP contribution in [0.2, 0.25) is 5.15 Å². The van der Waals surface area contributed by atoms with E-state index in [4.69, 9.17) is 16.3 Å². The van der Waals surface area contributed by atoms with Gasteiger partial charge in [0.25, 0.3) is 0 Å². The van der Waals surface area contributed by atoms with Gasteiger partial charge in [0.1, 0.15) is 10.9 Å². The average molecular weight is 240 g/mol. The number of aromatic nitrogens is 1. The number of ether oxygens (including phenoxy) is 1. The molecule has 2 nitrogen and oxygen atoms in total. The Bertz CT molecular complexity index is 399. The Balaban J connectivity index is 1.81. The zero-order valence-electron chi connectivity index (χ0n) is 8.02. The van der Waals surface area contributed by atoms with Gasteiger partial charge in [0.15, 0.2) is 0 Å². The van der Waals surface area contributed by atoms with Gasteiger partial charge in [-0.05, 0) is 23.6 Å². The maximum absolute atomic E-state index is 5.66. The highest BCUT2D eigenvalue weighted by Crippen LogP contribution is 2.13. The predicted molar refractivity (Wildman–Crippen MR) is 62.8 cm³/mol. The Labute approximate surface area is 97.5 Å². The van der Waals surface area contributed by atoms with Crippen LogP contribution < -0.4 is 4.74 Å². The number of rotatable bonds is 4. The molecule has 0 saturated carbocycles. The van der Waals surface area contributed by atoms with E-state index in [2.05, 4.69) is 16.4 Å². The normalized spacial score (nSPS) is 10.2. The van der Waals surface area contributed by atoms with Crippen LogP contribution in [-0.2, 0) is 6.42 Å². The van der Waals surface area contributed by atoms with Crippen molar-refractivity contribution in [1.29, 1.82) is 0 Å². The van der Waals surface area contributed by atoms with Crippen LogP contribution in [0.3, 0.4) is 0 Å². The van der Waals surface area contributed by atoms with Crippen LogP contribution in [0.25, 0.3) is 0 Å². The van der Waals surface area contributed by atoms with E-state index in [9.17, 15) is 0 Å². The zero-order valence-corrected chi connectivity index (χ0v) is 9.59. The summed E-state index contributed by atoms with van der Waals surface area (Å²) in [4.78, 5) is 5.27. The highest BCUT2D eigenvalue weighted by Gasteiger charge is 1.96. The lowest BCUT2D eigenvalue weighted by atomic mass is 10.3. The highest BCUT2D eigenvalue weighted by atomic mass is 35.5. The van der Waals surface area contributed by atoms with E-state index in [1.54, 1.807) is 23.6 Å². The van der Waals surface area contributed by atoms with Gasteiger partial charge in [0, 0.05) is 11.3 Å². The summed E-state index contributed by atoms with van der Waals surface area (Å²) in [6.07, 6.45) is 2.57. The summed E-state index contributed by atoms with van der Waals surface area (Å²) in [7, 11) is 0. The summed E-state index contributed by atoms with van der Waals surface area (Å²) in [5.41, 5.74) is 0. The van der Waals surface area contributed by atoms with E-state index in [-0.39, 0.29) is 0 Å². The van der Waals surface area contributed by atoms with Gasteiger partial charge in [-0.1, -0.05) is 17.7 Å². The van der Waals surface area contributed by atoms with Gasteiger partial charge >= 0.3 is 0 Å². The largest absolute Gasteiger partial charge is 0.492 e. The molecule has 0 aliphatic heterocycles. The lowest BCUT2D eigenvalue weighted by Crippen LogP contribution is -2.00. The van der Waals surface area contributed by atoms with Gasteiger partial charge in [-0.25, -0.2) is 4.98 Å². The van der Waals surface area contributed by atoms with Crippen LogP contribution in [0, 0.1) is 0 Å². The molecule has 0 aliphatic carbocycles. The van der Waals surface area contributed by atoms with E-state index in [0.29, 0.717) is 11.8 Å². The molecule has 0 fully saturated rings. The van der Waals surface area contributed by atoms with Crippen molar-refractivity contribution in [1.82, 2.24) is 4.98 Å². The monoisotopic (exact) mass is 239 g/mol. The molecule has 0 bridgehead atoms. The van der Waals surface area contributed by atoms with Crippen LogP contribution in [0.5, 0.6) is 5.75 Å². The molecule has 0 saturated heterocycles. The van der Waals surface area contributed by atoms with Gasteiger partial charge in [-0.15, -0.1) is 11.3 Å². The number of nitrogens with zero attached hydrogens (tertiary/aromatic N) is 1. The van der Waals surface area contributed by atoms with Crippen LogP contribution in [0.4, 0.5) is 0 Å². The molecule has 0 aliphatic rings. The van der Waals surface area contributed by atoms with E-state index < -0.39 is 0 Å². The minimum absolute atomic E-state index is 0.487. The third-order valence-electron chi connectivity index (χ3n) is 1.90. The first-order valence-corrected chi connectivity index (χ1v) is 5.87. The van der Waals surface area contributed by atoms with Gasteiger partial charge in [0.2, 0.25) is 0 Å². The molecule has 0 unspecified atom stereocenters. The summed E-state index contributed by atoms with van der Waals surface area (Å²) in [6, 6.07) is 7.70. The maximum atomic E-state index is 5.66. The van der Waals surface area contributed by atoms with E-state index in [1.165, 1.54) is 4.88 Å². The summed E-state index contributed by atoms with van der Waals surface area (Å²) in [5, 5.41) is 2.56. The van der Waals surface area contributed by atoms with Crippen LogP contribution in [0.1, 0.15) is 4.88 Å². The van der Waals surface area contributed by atoms with Crippen molar-refractivity contribution in [2.45, 2.75) is 6.42 Å². The lowest BCUT2D eigenvalue weighted by molar-refractivity contribution is 0.321. The Kier molecular flexibility index (Phi) is 3.59. The van der Waals surface area contributed by atoms with Gasteiger partial charge in [0.05, 0.1) is 12.8 Å². The van der Waals surface area contributed by atoms with Crippen molar-refractivity contribution in [3.63, 3.8) is 0 Å². The van der Waals surface area contributed by atoms with Crippen molar-refractivity contribution in [2.75, 3.05) is 6.61 Å². The molecule has 2 aromatic heterocycles. The zero-order chi connectivity index (χ0) is 10.5. The first-order chi connectivity index (χ1) is 7.34. The fraction of sp³-hybridized carbons (Fsp3) is 0.182. The Morgan fingerprint density at radius 1 is 1.33 bits per heavy atom. The summed E-state index contributed by atoms with van der Waals surface area (Å²) in [6.45, 7) is 0.670. The molecule has 2 aromatic rings. The Hall–Kier alpha value is -1.06. The number of thiophene rings is 1. The second-order valence-electron chi connectivity index (χ2n) is 2.99. The van der Waals surface area contributed by atoms with Crippen molar-refractivity contribution in [3.8, 4) is 5.75 Å². The highest BCUT2D eigenvalue weighted by molar-refractivity contribution is 7.09. The summed E-state index contributed by atoms with van der Waals surface area (Å²) >= 11 is 7.41. The van der Waals surface area contributed by atoms with E-state index in [0.717, 1.165) is 12.2 Å². The number of halogens is 1. The van der Waals surface area contributed by atoms with Gasteiger partial charge in [-0.2, -0.15) is 0 Å². The third kappa shape index (κ3) is 3.22. The Morgan fingerprint density at radius 2 is 2.27 bits per heavy atom. The van der Waals surface area contributed by atoms with Crippen LogP contribution >= 0.6 is 22.9 Å². The fourth-order valence-corrected chi connectivity index (χ4v) is 1.97. The quantitative estimate of drug-likeness (QED) is 0.763. The molecular weight excluding hydrogens is 230 g/mol. The van der Waals surface area contributed by atoms with Crippen molar-refractivity contribution >= 4 is 22.9 Å². The smallest absolute Gasteiger partial charge is 0.137 e. The predicted octanol–water partition coefficient (Wildman–Crippen LogP) is 3.42. The van der Waals surface area contributed by atoms with Crippen LogP contribution in [0.15, 0.2) is 35.8 Å². The minimum atomic E-state index is 0.487. The maximum Gasteiger partial charge on any atom is 0.137 e. The first kappa shape index (κ1) is 10.5. The Morgan fingerprint density at radius 3 is 2.93 bits per heavy atom. The molecule has 2 rings (SSSR count). The average Bonchev–Trinajstić information content (AvgIpc) is 2.74. The van der Waals surface area contributed by atoms with E-state index >= 15 is 0 Å². The number of pyridine rings is 1. The molecule has 0 aromatic carbocycles. The second-order valence-corrected chi connectivity index (χ2v) is 4.41. The standard InChI is InChI=1S/C11H10ClNOS/c12-11-4-3-9(8-13-11)14-6-5-10-2-1-7-15-10/h1-4,7-8H,5-6H2. The lowest BCUT2D eigenvalue weighted by Gasteiger charge is -2.04. The molecule has 2 heterocycles. The summed E-state index contributed by atoms with van der Waals surface area (Å²) in [5.74, 6) is 0.760. The van der Waals surface area contributed by atoms with Crippen molar-refractivity contribution in [2.24, 2.45) is 0 Å². The molecular formula is C11H10ClNOS. The second kappa shape index (κ2) is 5.14. The molecule has 0 N–H and O–H groups in total. The van der Waals surface area contributed by atoms with Crippen molar-refractivity contribution in [3.05, 3.63) is 45.9 Å². The summed E-state index contributed by atoms with van der Waals surface area (Å²) < 4.78 is 5.52. The van der Waals surface area contributed by atoms with Gasteiger partial charge in [-0.3, -0.25) is 0 Å². The molecule has 0 radical (unpaired) electrons. The first-order valence-electron chi connectivity index (χ1n) is 4.61. The molecule has 4 heteroatoms. The van der Waals surface area contributed by atoms with Crippen LogP contribution in [-0.4, -0.2) is 11.6 Å². The SMILES string of the molecule is Clc1ccc(OCCc2cccs2)cn1. The number of hydrogen-bond donors (Lipinski definition) is 0. The topological polar surface area (TPSA) is 22.1 Å². The minimum Gasteiger partial charge on any atom is -0.492 e. The fourth-order valence-electron chi connectivity index (χ4n) is 1.17. The van der Waals surface area contributed by atoms with Gasteiger partial charge < -0.3 is 4.74 Å². The van der Waals surface area contributed by atoms with Crippen molar-refractivity contribution < 1.29 is 4.74 Å². The van der Waals surface area contributed by atoms with E-state index in [1.807, 2.05) is 12.1 Å². The third-order valence-corrected chi connectivity index (χ3v) is 3.06. The molecule has 0 spiro atoms. The number of hydrogen-bond acceptors (Lipinski definition) is 3. The molecule has 0 amide bonds.